The molecule has 0 radical (unpaired) electrons. The molecule has 2 rings (SSSR count). The lowest BCUT2D eigenvalue weighted by molar-refractivity contribution is -0.00211. The van der Waals surface area contributed by atoms with E-state index in [1.165, 1.54) is 32.1 Å². The van der Waals surface area contributed by atoms with Crippen molar-refractivity contribution in [1.29, 1.82) is 0 Å². The van der Waals surface area contributed by atoms with Crippen LogP contribution in [0.1, 0.15) is 46.0 Å². The molecule has 2 aliphatic carbocycles. The van der Waals surface area contributed by atoms with Crippen molar-refractivity contribution >= 4 is 0 Å². The van der Waals surface area contributed by atoms with Gasteiger partial charge in [0.1, 0.15) is 0 Å². The van der Waals surface area contributed by atoms with Crippen molar-refractivity contribution in [1.82, 2.24) is 4.90 Å². The molecular weight excluding hydrogens is 224 g/mol. The number of hydrogen-bond donors (Lipinski definition) is 1. The van der Waals surface area contributed by atoms with Crippen LogP contribution in [-0.2, 0) is 4.74 Å². The van der Waals surface area contributed by atoms with Crippen molar-refractivity contribution in [2.45, 2.75) is 57.5 Å². The predicted molar refractivity (Wildman–Crippen MR) is 75.6 cm³/mol. The molecule has 2 atom stereocenters. The van der Waals surface area contributed by atoms with Gasteiger partial charge in [-0.1, -0.05) is 13.8 Å². The first-order valence-corrected chi connectivity index (χ1v) is 7.57. The molecule has 0 aromatic heterocycles. The monoisotopic (exact) mass is 254 g/mol. The van der Waals surface area contributed by atoms with Gasteiger partial charge in [-0.3, -0.25) is 4.90 Å². The van der Waals surface area contributed by atoms with Crippen molar-refractivity contribution in [2.24, 2.45) is 17.6 Å². The first-order valence-electron chi connectivity index (χ1n) is 7.57. The van der Waals surface area contributed by atoms with Crippen LogP contribution in [0.25, 0.3) is 0 Å². The Labute approximate surface area is 112 Å². The Morgan fingerprint density at radius 1 is 1.22 bits per heavy atom. The number of ether oxygens (including phenoxy) is 1. The first-order chi connectivity index (χ1) is 8.61. The van der Waals surface area contributed by atoms with Gasteiger partial charge in [0, 0.05) is 31.8 Å². The lowest BCUT2D eigenvalue weighted by Crippen LogP contribution is -2.59. The largest absolute Gasteiger partial charge is 0.383 e. The van der Waals surface area contributed by atoms with Gasteiger partial charge in [-0.2, -0.15) is 0 Å². The minimum atomic E-state index is 0.247. The highest BCUT2D eigenvalue weighted by Crippen LogP contribution is 2.43. The summed E-state index contributed by atoms with van der Waals surface area (Å²) in [6, 6.07) is 0.779. The molecule has 0 amide bonds. The minimum Gasteiger partial charge on any atom is -0.383 e. The Morgan fingerprint density at radius 2 is 1.83 bits per heavy atom. The summed E-state index contributed by atoms with van der Waals surface area (Å²) in [6.07, 6.45) is 6.62. The quantitative estimate of drug-likeness (QED) is 0.790. The third kappa shape index (κ3) is 3.06. The number of nitrogens with zero attached hydrogens (tertiary/aromatic N) is 1. The fraction of sp³-hybridized carbons (Fsp3) is 1.00. The summed E-state index contributed by atoms with van der Waals surface area (Å²) in [5, 5.41) is 0. The van der Waals surface area contributed by atoms with Gasteiger partial charge in [-0.25, -0.2) is 0 Å². The maximum Gasteiger partial charge on any atom is 0.0590 e. The molecule has 0 spiro atoms. The van der Waals surface area contributed by atoms with Crippen molar-refractivity contribution in [2.75, 3.05) is 26.8 Å². The predicted octanol–water partition coefficient (Wildman–Crippen LogP) is 2.25. The van der Waals surface area contributed by atoms with E-state index in [0.29, 0.717) is 0 Å². The van der Waals surface area contributed by atoms with E-state index in [4.69, 9.17) is 10.5 Å². The number of rotatable bonds is 6. The van der Waals surface area contributed by atoms with Crippen molar-refractivity contribution < 1.29 is 4.74 Å². The second kappa shape index (κ2) is 5.89. The molecule has 0 bridgehead atoms. The van der Waals surface area contributed by atoms with Crippen LogP contribution in [0.3, 0.4) is 0 Å². The fourth-order valence-corrected chi connectivity index (χ4v) is 4.14. The van der Waals surface area contributed by atoms with Crippen LogP contribution in [0.15, 0.2) is 0 Å². The highest BCUT2D eigenvalue weighted by atomic mass is 16.5. The summed E-state index contributed by atoms with van der Waals surface area (Å²) in [5.74, 6) is 1.61. The van der Waals surface area contributed by atoms with Crippen LogP contribution >= 0.6 is 0 Å². The van der Waals surface area contributed by atoms with Crippen LogP contribution < -0.4 is 5.73 Å². The Morgan fingerprint density at radius 3 is 2.28 bits per heavy atom. The fourth-order valence-electron chi connectivity index (χ4n) is 4.14. The smallest absolute Gasteiger partial charge is 0.0590 e. The molecule has 3 heteroatoms. The van der Waals surface area contributed by atoms with Crippen LogP contribution in [0, 0.1) is 11.8 Å². The Bertz CT molecular complexity index is 255. The number of nitrogens with two attached hydrogens (primary N) is 1. The van der Waals surface area contributed by atoms with E-state index < -0.39 is 0 Å². The van der Waals surface area contributed by atoms with Crippen LogP contribution in [0.2, 0.25) is 0 Å². The van der Waals surface area contributed by atoms with E-state index in [1.807, 2.05) is 0 Å². The standard InChI is InChI=1S/C15H30N2O/c1-12-8-13(2)10-15(9-12,11-16)17(6-7-18-3)14-4-5-14/h12-14H,4-11,16H2,1-3H3. The van der Waals surface area contributed by atoms with E-state index in [2.05, 4.69) is 18.7 Å². The first kappa shape index (κ1) is 14.3. The molecule has 2 N–H and O–H groups in total. The van der Waals surface area contributed by atoms with Gasteiger partial charge in [-0.05, 0) is 43.9 Å². The molecule has 106 valence electrons. The second-order valence-electron chi connectivity index (χ2n) is 6.70. The average Bonchev–Trinajstić information content (AvgIpc) is 3.12. The van der Waals surface area contributed by atoms with E-state index >= 15 is 0 Å². The summed E-state index contributed by atoms with van der Waals surface area (Å²) in [5.41, 5.74) is 6.47. The van der Waals surface area contributed by atoms with E-state index in [1.54, 1.807) is 7.11 Å². The van der Waals surface area contributed by atoms with Gasteiger partial charge in [0.05, 0.1) is 6.61 Å². The molecule has 3 nitrogen and oxygen atoms in total. The molecule has 2 fully saturated rings. The summed E-state index contributed by atoms with van der Waals surface area (Å²) in [4.78, 5) is 2.70. The third-order valence-electron chi connectivity index (χ3n) is 4.77. The van der Waals surface area contributed by atoms with Gasteiger partial charge in [0.2, 0.25) is 0 Å². The lowest BCUT2D eigenvalue weighted by Gasteiger charge is -2.50. The summed E-state index contributed by atoms with van der Waals surface area (Å²) >= 11 is 0. The van der Waals surface area contributed by atoms with Crippen molar-refractivity contribution in [3.8, 4) is 0 Å². The zero-order valence-electron chi connectivity index (χ0n) is 12.3. The molecule has 2 aliphatic rings. The Hall–Kier alpha value is -0.120. The maximum absolute atomic E-state index is 6.22. The van der Waals surface area contributed by atoms with Gasteiger partial charge in [-0.15, -0.1) is 0 Å². The molecule has 2 unspecified atom stereocenters. The molecule has 0 aromatic carbocycles. The third-order valence-corrected chi connectivity index (χ3v) is 4.77. The average molecular weight is 254 g/mol. The maximum atomic E-state index is 6.22. The topological polar surface area (TPSA) is 38.5 Å². The van der Waals surface area contributed by atoms with Crippen LogP contribution in [0.5, 0.6) is 0 Å². The summed E-state index contributed by atoms with van der Waals surface area (Å²) in [6.45, 7) is 7.48. The molecule has 0 saturated heterocycles. The minimum absolute atomic E-state index is 0.247. The van der Waals surface area contributed by atoms with Crippen LogP contribution in [0.4, 0.5) is 0 Å². The number of methoxy groups -OCH3 is 1. The normalized spacial score (nSPS) is 37.2. The molecule has 2 saturated carbocycles. The Kier molecular flexibility index (Phi) is 4.68. The van der Waals surface area contributed by atoms with E-state index in [-0.39, 0.29) is 5.54 Å². The van der Waals surface area contributed by atoms with Gasteiger partial charge in [0.15, 0.2) is 0 Å². The Balaban J connectivity index is 2.11. The van der Waals surface area contributed by atoms with Crippen LogP contribution in [-0.4, -0.2) is 43.3 Å². The van der Waals surface area contributed by atoms with Crippen molar-refractivity contribution in [3.05, 3.63) is 0 Å². The zero-order chi connectivity index (χ0) is 13.2. The molecular formula is C15H30N2O. The van der Waals surface area contributed by atoms with Gasteiger partial charge >= 0.3 is 0 Å². The molecule has 0 aromatic rings. The summed E-state index contributed by atoms with van der Waals surface area (Å²) in [7, 11) is 1.80. The van der Waals surface area contributed by atoms with E-state index in [9.17, 15) is 0 Å². The molecule has 0 heterocycles. The summed E-state index contributed by atoms with van der Waals surface area (Å²) < 4.78 is 5.30. The number of hydrogen-bond acceptors (Lipinski definition) is 3. The van der Waals surface area contributed by atoms with Gasteiger partial charge in [0.25, 0.3) is 0 Å². The SMILES string of the molecule is COCCN(C1CC1)C1(CN)CC(C)CC(C)C1. The van der Waals surface area contributed by atoms with E-state index in [0.717, 1.165) is 37.6 Å². The zero-order valence-corrected chi connectivity index (χ0v) is 12.3. The second-order valence-corrected chi connectivity index (χ2v) is 6.70. The lowest BCUT2D eigenvalue weighted by atomic mass is 9.70. The highest BCUT2D eigenvalue weighted by molar-refractivity contribution is 5.02. The molecule has 0 aliphatic heterocycles. The van der Waals surface area contributed by atoms with Gasteiger partial charge < -0.3 is 10.5 Å². The van der Waals surface area contributed by atoms with Crippen molar-refractivity contribution in [3.63, 3.8) is 0 Å². The molecule has 18 heavy (non-hydrogen) atoms. The highest BCUT2D eigenvalue weighted by Gasteiger charge is 2.46.